The van der Waals surface area contributed by atoms with Crippen LogP contribution < -0.4 is 5.32 Å². The lowest BCUT2D eigenvalue weighted by atomic mass is 10.2. The lowest BCUT2D eigenvalue weighted by molar-refractivity contribution is -0.111. The maximum Gasteiger partial charge on any atom is 0.248 e. The first kappa shape index (κ1) is 15.0. The molecule has 0 saturated heterocycles. The van der Waals surface area contributed by atoms with Gasteiger partial charge in [0.2, 0.25) is 5.91 Å². The van der Waals surface area contributed by atoms with Crippen LogP contribution in [-0.4, -0.2) is 5.91 Å². The van der Waals surface area contributed by atoms with Gasteiger partial charge in [-0.2, -0.15) is 0 Å². The first-order chi connectivity index (χ1) is 9.54. The molecule has 0 aliphatic carbocycles. The largest absolute Gasteiger partial charge is 0.321 e. The fourth-order valence-corrected chi connectivity index (χ4v) is 2.50. The summed E-state index contributed by atoms with van der Waals surface area (Å²) in [5.74, 6) is -0.155. The minimum Gasteiger partial charge on any atom is -0.321 e. The second-order valence-electron chi connectivity index (χ2n) is 4.36. The Bertz CT molecular complexity index is 648. The number of benzene rings is 2. The molecule has 2 aromatic rings. The molecule has 1 N–H and O–H groups in total. The van der Waals surface area contributed by atoms with Crippen molar-refractivity contribution in [1.82, 2.24) is 0 Å². The number of carbonyl (C=O) groups is 1. The Balaban J connectivity index is 2.03. The number of hydrogen-bond acceptors (Lipinski definition) is 1. The third kappa shape index (κ3) is 4.32. The summed E-state index contributed by atoms with van der Waals surface area (Å²) in [7, 11) is 0. The van der Waals surface area contributed by atoms with Gasteiger partial charge >= 0.3 is 0 Å². The highest BCUT2D eigenvalue weighted by Crippen LogP contribution is 2.23. The summed E-state index contributed by atoms with van der Waals surface area (Å²) in [6.07, 6.45) is 3.30. The zero-order chi connectivity index (χ0) is 14.5. The number of halogens is 2. The number of aryl methyl sites for hydroxylation is 1. The van der Waals surface area contributed by atoms with E-state index in [1.807, 2.05) is 49.4 Å². The minimum absolute atomic E-state index is 0.155. The molecule has 0 radical (unpaired) electrons. The molecule has 0 heterocycles. The molecule has 2 rings (SSSR count). The molecule has 20 heavy (non-hydrogen) atoms. The van der Waals surface area contributed by atoms with Gasteiger partial charge in [0, 0.05) is 15.0 Å². The molecule has 0 unspecified atom stereocenters. The van der Waals surface area contributed by atoms with E-state index in [0.717, 1.165) is 25.8 Å². The van der Waals surface area contributed by atoms with Crippen molar-refractivity contribution in [2.75, 3.05) is 5.32 Å². The van der Waals surface area contributed by atoms with E-state index in [-0.39, 0.29) is 5.91 Å². The number of hydrogen-bond donors (Lipinski definition) is 1. The standard InChI is InChI=1S/C16H13Br2NO/c1-11-2-8-15(14(18)10-11)19-16(20)9-5-12-3-6-13(17)7-4-12/h2-10H,1H3,(H,19,20)/b9-5+. The smallest absolute Gasteiger partial charge is 0.248 e. The Morgan fingerprint density at radius 2 is 1.80 bits per heavy atom. The van der Waals surface area contributed by atoms with Crippen molar-refractivity contribution in [3.63, 3.8) is 0 Å². The SMILES string of the molecule is Cc1ccc(NC(=O)/C=C/c2ccc(Br)cc2)c(Br)c1. The first-order valence-corrected chi connectivity index (χ1v) is 7.64. The summed E-state index contributed by atoms with van der Waals surface area (Å²) in [5, 5.41) is 2.84. The van der Waals surface area contributed by atoms with E-state index in [1.165, 1.54) is 6.08 Å². The van der Waals surface area contributed by atoms with Crippen molar-refractivity contribution >= 4 is 49.5 Å². The molecule has 0 bridgehead atoms. The predicted molar refractivity (Wildman–Crippen MR) is 90.7 cm³/mol. The van der Waals surface area contributed by atoms with Crippen molar-refractivity contribution in [1.29, 1.82) is 0 Å². The van der Waals surface area contributed by atoms with Crippen LogP contribution in [0.25, 0.3) is 6.08 Å². The van der Waals surface area contributed by atoms with Crippen LogP contribution in [0.2, 0.25) is 0 Å². The van der Waals surface area contributed by atoms with Crippen LogP contribution in [0.15, 0.2) is 57.5 Å². The van der Waals surface area contributed by atoms with Gasteiger partial charge in [0.25, 0.3) is 0 Å². The molecule has 2 aromatic carbocycles. The summed E-state index contributed by atoms with van der Waals surface area (Å²) in [4.78, 5) is 11.9. The van der Waals surface area contributed by atoms with E-state index in [4.69, 9.17) is 0 Å². The van der Waals surface area contributed by atoms with E-state index in [2.05, 4.69) is 37.2 Å². The third-order valence-corrected chi connectivity index (χ3v) is 3.86. The van der Waals surface area contributed by atoms with Crippen molar-refractivity contribution in [2.45, 2.75) is 6.92 Å². The molecule has 0 saturated carbocycles. The topological polar surface area (TPSA) is 29.1 Å². The molecule has 4 heteroatoms. The normalized spacial score (nSPS) is 10.8. The second kappa shape index (κ2) is 6.86. The van der Waals surface area contributed by atoms with Crippen LogP contribution in [0.5, 0.6) is 0 Å². The van der Waals surface area contributed by atoms with Crippen LogP contribution in [0, 0.1) is 6.92 Å². The van der Waals surface area contributed by atoms with Crippen molar-refractivity contribution in [3.05, 3.63) is 68.6 Å². The zero-order valence-electron chi connectivity index (χ0n) is 10.9. The van der Waals surface area contributed by atoms with Crippen LogP contribution in [-0.2, 0) is 4.79 Å². The lowest BCUT2D eigenvalue weighted by Gasteiger charge is -2.05. The number of nitrogens with one attached hydrogen (secondary N) is 1. The first-order valence-electron chi connectivity index (χ1n) is 6.05. The van der Waals surface area contributed by atoms with Crippen LogP contribution in [0.1, 0.15) is 11.1 Å². The maximum atomic E-state index is 11.9. The lowest BCUT2D eigenvalue weighted by Crippen LogP contribution is -2.08. The fraction of sp³-hybridized carbons (Fsp3) is 0.0625. The van der Waals surface area contributed by atoms with Gasteiger partial charge in [0.05, 0.1) is 5.69 Å². The molecule has 102 valence electrons. The highest BCUT2D eigenvalue weighted by Gasteiger charge is 2.02. The van der Waals surface area contributed by atoms with Gasteiger partial charge in [-0.15, -0.1) is 0 Å². The highest BCUT2D eigenvalue weighted by atomic mass is 79.9. The molecule has 0 aliphatic heterocycles. The summed E-state index contributed by atoms with van der Waals surface area (Å²) in [6.45, 7) is 2.00. The Hall–Kier alpha value is -1.39. The maximum absolute atomic E-state index is 11.9. The summed E-state index contributed by atoms with van der Waals surface area (Å²) in [6, 6.07) is 13.6. The Morgan fingerprint density at radius 3 is 2.45 bits per heavy atom. The quantitative estimate of drug-likeness (QED) is 0.714. The number of anilines is 1. The molecular weight excluding hydrogens is 382 g/mol. The van der Waals surface area contributed by atoms with Crippen LogP contribution >= 0.6 is 31.9 Å². The monoisotopic (exact) mass is 393 g/mol. The molecule has 0 aromatic heterocycles. The average molecular weight is 395 g/mol. The molecule has 2 nitrogen and oxygen atoms in total. The van der Waals surface area contributed by atoms with E-state index in [9.17, 15) is 4.79 Å². The van der Waals surface area contributed by atoms with E-state index >= 15 is 0 Å². The van der Waals surface area contributed by atoms with Gasteiger partial charge in [0.1, 0.15) is 0 Å². The minimum atomic E-state index is -0.155. The highest BCUT2D eigenvalue weighted by molar-refractivity contribution is 9.10. The number of amides is 1. The van der Waals surface area contributed by atoms with E-state index in [0.29, 0.717) is 0 Å². The average Bonchev–Trinajstić information content (AvgIpc) is 2.41. The Morgan fingerprint density at radius 1 is 1.10 bits per heavy atom. The number of carbonyl (C=O) groups excluding carboxylic acids is 1. The van der Waals surface area contributed by atoms with Gasteiger partial charge in [-0.1, -0.05) is 34.1 Å². The van der Waals surface area contributed by atoms with Gasteiger partial charge in [-0.05, 0) is 64.3 Å². The molecule has 0 fully saturated rings. The van der Waals surface area contributed by atoms with Crippen molar-refractivity contribution in [3.8, 4) is 0 Å². The second-order valence-corrected chi connectivity index (χ2v) is 6.13. The van der Waals surface area contributed by atoms with Crippen LogP contribution in [0.4, 0.5) is 5.69 Å². The fourth-order valence-electron chi connectivity index (χ4n) is 1.64. The molecule has 1 amide bonds. The predicted octanol–water partition coefficient (Wildman–Crippen LogP) is 5.17. The van der Waals surface area contributed by atoms with E-state index < -0.39 is 0 Å². The Labute approximate surface area is 135 Å². The Kier molecular flexibility index (Phi) is 5.15. The zero-order valence-corrected chi connectivity index (χ0v) is 14.0. The number of rotatable bonds is 3. The van der Waals surface area contributed by atoms with Crippen molar-refractivity contribution < 1.29 is 4.79 Å². The van der Waals surface area contributed by atoms with Gasteiger partial charge in [-0.25, -0.2) is 0 Å². The third-order valence-electron chi connectivity index (χ3n) is 2.68. The van der Waals surface area contributed by atoms with Gasteiger partial charge in [0.15, 0.2) is 0 Å². The molecule has 0 spiro atoms. The molecule has 0 aliphatic rings. The van der Waals surface area contributed by atoms with Crippen LogP contribution in [0.3, 0.4) is 0 Å². The van der Waals surface area contributed by atoms with Gasteiger partial charge < -0.3 is 5.32 Å². The summed E-state index contributed by atoms with van der Waals surface area (Å²) >= 11 is 6.81. The molecular formula is C16H13Br2NO. The van der Waals surface area contributed by atoms with Crippen molar-refractivity contribution in [2.24, 2.45) is 0 Å². The van der Waals surface area contributed by atoms with E-state index in [1.54, 1.807) is 6.08 Å². The molecule has 0 atom stereocenters. The summed E-state index contributed by atoms with van der Waals surface area (Å²) < 4.78 is 1.89. The van der Waals surface area contributed by atoms with Gasteiger partial charge in [-0.3, -0.25) is 4.79 Å². The summed E-state index contributed by atoms with van der Waals surface area (Å²) in [5.41, 5.74) is 2.88.